The van der Waals surface area contributed by atoms with E-state index in [1.54, 1.807) is 0 Å². The van der Waals surface area contributed by atoms with Crippen LogP contribution in [0.5, 0.6) is 0 Å². The van der Waals surface area contributed by atoms with Crippen LogP contribution in [0.3, 0.4) is 0 Å². The normalized spacial score (nSPS) is 20.6. The van der Waals surface area contributed by atoms with Crippen LogP contribution in [-0.4, -0.2) is 21.3 Å². The van der Waals surface area contributed by atoms with E-state index in [2.05, 4.69) is 31.0 Å². The number of rotatable bonds is 1. The summed E-state index contributed by atoms with van der Waals surface area (Å²) >= 11 is 0. The summed E-state index contributed by atoms with van der Waals surface area (Å²) < 4.78 is 0. The maximum absolute atomic E-state index is 10.9. The first-order chi connectivity index (χ1) is 7.39. The molecule has 0 bridgehead atoms. The molecular weight excluding hydrogens is 204 g/mol. The van der Waals surface area contributed by atoms with Crippen molar-refractivity contribution in [1.29, 1.82) is 0 Å². The van der Waals surface area contributed by atoms with Crippen LogP contribution in [0.15, 0.2) is 0 Å². The van der Waals surface area contributed by atoms with Crippen LogP contribution in [0.1, 0.15) is 44.1 Å². The molecule has 0 fully saturated rings. The lowest BCUT2D eigenvalue weighted by atomic mass is 9.81. The molecule has 0 aromatic carbocycles. The fraction of sp³-hybridized carbons (Fsp3) is 0.667. The molecule has 1 aromatic heterocycles. The average molecular weight is 222 g/mol. The van der Waals surface area contributed by atoms with Crippen molar-refractivity contribution in [2.24, 2.45) is 5.92 Å². The van der Waals surface area contributed by atoms with Crippen LogP contribution in [0.4, 0.5) is 0 Å². The molecule has 4 heteroatoms. The highest BCUT2D eigenvalue weighted by atomic mass is 16.4. The second-order valence-electron chi connectivity index (χ2n) is 5.56. The molecule has 0 amide bonds. The van der Waals surface area contributed by atoms with Crippen molar-refractivity contribution in [3.63, 3.8) is 0 Å². The molecule has 2 rings (SSSR count). The fourth-order valence-electron chi connectivity index (χ4n) is 2.34. The summed E-state index contributed by atoms with van der Waals surface area (Å²) in [6.45, 7) is 6.40. The minimum atomic E-state index is -0.697. The van der Waals surface area contributed by atoms with E-state index in [-0.39, 0.29) is 11.3 Å². The molecule has 1 aliphatic rings. The first-order valence-electron chi connectivity index (χ1n) is 5.69. The molecule has 4 nitrogen and oxygen atoms in total. The zero-order valence-corrected chi connectivity index (χ0v) is 10.0. The topological polar surface area (TPSA) is 66.0 Å². The van der Waals surface area contributed by atoms with Crippen molar-refractivity contribution in [2.75, 3.05) is 0 Å². The minimum Gasteiger partial charge on any atom is -0.481 e. The van der Waals surface area contributed by atoms with Crippen molar-refractivity contribution in [2.45, 2.75) is 45.4 Å². The molecule has 88 valence electrons. The summed E-state index contributed by atoms with van der Waals surface area (Å²) in [6, 6.07) is 0. The SMILES string of the molecule is CC(C)(C)c1n[nH]c2c1CC[C@@H](C(=O)O)C2. The number of carboxylic acids is 1. The summed E-state index contributed by atoms with van der Waals surface area (Å²) in [7, 11) is 0. The highest BCUT2D eigenvalue weighted by Crippen LogP contribution is 2.32. The smallest absolute Gasteiger partial charge is 0.306 e. The van der Waals surface area contributed by atoms with E-state index in [1.165, 1.54) is 5.56 Å². The van der Waals surface area contributed by atoms with Crippen molar-refractivity contribution in [1.82, 2.24) is 10.2 Å². The predicted octanol–water partition coefficient (Wildman–Crippen LogP) is 1.90. The number of aromatic amines is 1. The molecule has 2 N–H and O–H groups in total. The van der Waals surface area contributed by atoms with Gasteiger partial charge in [0.05, 0.1) is 11.6 Å². The molecule has 0 aliphatic heterocycles. The second kappa shape index (κ2) is 3.61. The van der Waals surface area contributed by atoms with Gasteiger partial charge in [-0.05, 0) is 18.4 Å². The van der Waals surface area contributed by atoms with Gasteiger partial charge in [0.2, 0.25) is 0 Å². The van der Waals surface area contributed by atoms with Gasteiger partial charge in [-0.3, -0.25) is 9.89 Å². The van der Waals surface area contributed by atoms with Gasteiger partial charge in [-0.2, -0.15) is 5.10 Å². The van der Waals surface area contributed by atoms with E-state index in [4.69, 9.17) is 5.11 Å². The van der Waals surface area contributed by atoms with Crippen LogP contribution in [-0.2, 0) is 23.1 Å². The Hall–Kier alpha value is -1.32. The summed E-state index contributed by atoms with van der Waals surface area (Å²) in [6.07, 6.45) is 2.15. The van der Waals surface area contributed by atoms with E-state index in [0.717, 1.165) is 24.2 Å². The van der Waals surface area contributed by atoms with E-state index < -0.39 is 5.97 Å². The number of aliphatic carboxylic acids is 1. The van der Waals surface area contributed by atoms with Crippen molar-refractivity contribution in [3.8, 4) is 0 Å². The third kappa shape index (κ3) is 1.84. The number of H-pyrrole nitrogens is 1. The van der Waals surface area contributed by atoms with E-state index >= 15 is 0 Å². The first-order valence-corrected chi connectivity index (χ1v) is 5.69. The number of fused-ring (bicyclic) bond motifs is 1. The van der Waals surface area contributed by atoms with Gasteiger partial charge in [-0.25, -0.2) is 0 Å². The van der Waals surface area contributed by atoms with E-state index in [1.807, 2.05) is 0 Å². The third-order valence-corrected chi connectivity index (χ3v) is 3.21. The molecule has 16 heavy (non-hydrogen) atoms. The highest BCUT2D eigenvalue weighted by molar-refractivity contribution is 5.70. The molecular formula is C12H18N2O2. The number of nitrogens with zero attached hydrogens (tertiary/aromatic N) is 1. The number of hydrogen-bond donors (Lipinski definition) is 2. The Kier molecular flexibility index (Phi) is 2.52. The molecule has 0 saturated carbocycles. The Bertz CT molecular complexity index is 415. The van der Waals surface area contributed by atoms with E-state index in [9.17, 15) is 4.79 Å². The summed E-state index contributed by atoms with van der Waals surface area (Å²) in [5.41, 5.74) is 3.38. The maximum atomic E-state index is 10.9. The van der Waals surface area contributed by atoms with Gasteiger partial charge in [0.25, 0.3) is 0 Å². The minimum absolute atomic E-state index is 0.0279. The van der Waals surface area contributed by atoms with Gasteiger partial charge in [0.15, 0.2) is 0 Å². The van der Waals surface area contributed by atoms with Crippen LogP contribution in [0.25, 0.3) is 0 Å². The summed E-state index contributed by atoms with van der Waals surface area (Å²) in [5.74, 6) is -0.946. The van der Waals surface area contributed by atoms with Crippen LogP contribution < -0.4 is 0 Å². The zero-order valence-electron chi connectivity index (χ0n) is 10.0. The molecule has 0 radical (unpaired) electrons. The monoisotopic (exact) mass is 222 g/mol. The quantitative estimate of drug-likeness (QED) is 0.762. The molecule has 1 atom stereocenters. The van der Waals surface area contributed by atoms with Crippen LogP contribution >= 0.6 is 0 Å². The lowest BCUT2D eigenvalue weighted by molar-refractivity contribution is -0.142. The summed E-state index contributed by atoms with van der Waals surface area (Å²) in [5, 5.41) is 16.3. The van der Waals surface area contributed by atoms with Gasteiger partial charge in [0, 0.05) is 17.5 Å². The molecule has 0 unspecified atom stereocenters. The fourth-order valence-corrected chi connectivity index (χ4v) is 2.34. The van der Waals surface area contributed by atoms with E-state index in [0.29, 0.717) is 6.42 Å². The van der Waals surface area contributed by atoms with Crippen LogP contribution in [0, 0.1) is 5.92 Å². The van der Waals surface area contributed by atoms with Crippen molar-refractivity contribution >= 4 is 5.97 Å². The first kappa shape index (κ1) is 11.2. The lowest BCUT2D eigenvalue weighted by Crippen LogP contribution is -2.23. The largest absolute Gasteiger partial charge is 0.481 e. The summed E-state index contributed by atoms with van der Waals surface area (Å²) in [4.78, 5) is 10.9. The molecule has 0 spiro atoms. The van der Waals surface area contributed by atoms with Gasteiger partial charge < -0.3 is 5.11 Å². The van der Waals surface area contributed by atoms with Gasteiger partial charge in [0.1, 0.15) is 0 Å². The Balaban J connectivity index is 2.31. The Labute approximate surface area is 95.1 Å². The van der Waals surface area contributed by atoms with Gasteiger partial charge in [-0.15, -0.1) is 0 Å². The number of aromatic nitrogens is 2. The number of nitrogens with one attached hydrogen (secondary N) is 1. The zero-order chi connectivity index (χ0) is 11.9. The number of carboxylic acid groups (broad SMARTS) is 1. The molecule has 1 aromatic rings. The Morgan fingerprint density at radius 1 is 1.50 bits per heavy atom. The predicted molar refractivity (Wildman–Crippen MR) is 60.4 cm³/mol. The van der Waals surface area contributed by atoms with Crippen molar-refractivity contribution < 1.29 is 9.90 Å². The molecule has 1 aliphatic carbocycles. The standard InChI is InChI=1S/C12H18N2O2/c1-12(2,3)10-8-5-4-7(11(15)16)6-9(8)13-14-10/h7H,4-6H2,1-3H3,(H,13,14)(H,15,16)/t7-/m1/s1. The number of hydrogen-bond acceptors (Lipinski definition) is 2. The molecule has 1 heterocycles. The highest BCUT2D eigenvalue weighted by Gasteiger charge is 2.31. The average Bonchev–Trinajstić information content (AvgIpc) is 2.58. The Morgan fingerprint density at radius 2 is 2.19 bits per heavy atom. The molecule has 0 saturated heterocycles. The van der Waals surface area contributed by atoms with Gasteiger partial charge in [-0.1, -0.05) is 20.8 Å². The Morgan fingerprint density at radius 3 is 2.75 bits per heavy atom. The maximum Gasteiger partial charge on any atom is 0.306 e. The van der Waals surface area contributed by atoms with Crippen molar-refractivity contribution in [3.05, 3.63) is 17.0 Å². The lowest BCUT2D eigenvalue weighted by Gasteiger charge is -2.22. The van der Waals surface area contributed by atoms with Crippen LogP contribution in [0.2, 0.25) is 0 Å². The van der Waals surface area contributed by atoms with Gasteiger partial charge >= 0.3 is 5.97 Å². The number of carbonyl (C=O) groups is 1. The third-order valence-electron chi connectivity index (χ3n) is 3.21. The second-order valence-corrected chi connectivity index (χ2v) is 5.56.